The smallest absolute Gasteiger partial charge is 0.423 e. The maximum atomic E-state index is 13.5. The minimum atomic E-state index is -1.35. The van der Waals surface area contributed by atoms with Crippen molar-refractivity contribution in [2.75, 3.05) is 7.11 Å². The molecular weight excluding hydrogens is 474 g/mol. The zero-order valence-corrected chi connectivity index (χ0v) is 19.6. The molecular formula is C26H22F2N2O6. The molecule has 2 heterocycles. The third-order valence-corrected chi connectivity index (χ3v) is 5.85. The van der Waals surface area contributed by atoms with Crippen LogP contribution in [0.3, 0.4) is 0 Å². The van der Waals surface area contributed by atoms with Gasteiger partial charge in [-0.25, -0.2) is 27.9 Å². The third kappa shape index (κ3) is 4.74. The Morgan fingerprint density at radius 1 is 0.944 bits per heavy atom. The molecule has 10 heteroatoms. The summed E-state index contributed by atoms with van der Waals surface area (Å²) in [6.45, 7) is 2.93. The lowest BCUT2D eigenvalue weighted by Crippen LogP contribution is -2.40. The summed E-state index contributed by atoms with van der Waals surface area (Å²) in [4.78, 5) is 42.6. The molecule has 4 rings (SSSR count). The van der Waals surface area contributed by atoms with Crippen molar-refractivity contribution in [3.63, 3.8) is 0 Å². The number of hydrogen-bond donors (Lipinski definition) is 0. The second-order valence-electron chi connectivity index (χ2n) is 8.13. The van der Waals surface area contributed by atoms with Gasteiger partial charge in [0.15, 0.2) is 11.3 Å². The molecule has 2 aromatic heterocycles. The van der Waals surface area contributed by atoms with E-state index in [0.29, 0.717) is 15.7 Å². The quantitative estimate of drug-likeness (QED) is 0.357. The number of fused-ring (bicyclic) bond motifs is 1. The van der Waals surface area contributed by atoms with Crippen molar-refractivity contribution in [3.8, 4) is 5.75 Å². The number of methoxy groups -OCH3 is 1. The van der Waals surface area contributed by atoms with Gasteiger partial charge in [0, 0.05) is 18.2 Å². The summed E-state index contributed by atoms with van der Waals surface area (Å²) in [6.07, 6.45) is 0.478. The van der Waals surface area contributed by atoms with Crippen molar-refractivity contribution in [1.29, 1.82) is 0 Å². The molecule has 36 heavy (non-hydrogen) atoms. The molecule has 0 unspecified atom stereocenters. The number of nitrogens with zero attached hydrogens (tertiary/aromatic N) is 2. The molecule has 0 fully saturated rings. The Morgan fingerprint density at radius 3 is 2.03 bits per heavy atom. The van der Waals surface area contributed by atoms with Crippen LogP contribution in [0.15, 0.2) is 74.8 Å². The van der Waals surface area contributed by atoms with Gasteiger partial charge in [0.05, 0.1) is 7.11 Å². The lowest BCUT2D eigenvalue weighted by Gasteiger charge is -2.26. The molecule has 8 nitrogen and oxygen atoms in total. The van der Waals surface area contributed by atoms with Crippen LogP contribution in [0.25, 0.3) is 11.1 Å². The van der Waals surface area contributed by atoms with Crippen LogP contribution in [0.2, 0.25) is 0 Å². The second kappa shape index (κ2) is 10.1. The Hall–Kier alpha value is -4.34. The predicted octanol–water partition coefficient (Wildman–Crippen LogP) is 3.96. The lowest BCUT2D eigenvalue weighted by molar-refractivity contribution is -0.152. The van der Waals surface area contributed by atoms with Crippen LogP contribution in [-0.2, 0) is 9.53 Å². The van der Waals surface area contributed by atoms with E-state index in [9.17, 15) is 23.2 Å². The monoisotopic (exact) mass is 496 g/mol. The minimum absolute atomic E-state index is 0.132. The van der Waals surface area contributed by atoms with Gasteiger partial charge in [-0.1, -0.05) is 24.3 Å². The van der Waals surface area contributed by atoms with Crippen molar-refractivity contribution >= 4 is 17.1 Å². The zero-order chi connectivity index (χ0) is 26.0. The molecule has 0 saturated heterocycles. The molecule has 0 aliphatic carbocycles. The van der Waals surface area contributed by atoms with Gasteiger partial charge in [-0.2, -0.15) is 0 Å². The summed E-state index contributed by atoms with van der Waals surface area (Å²) >= 11 is 0. The van der Waals surface area contributed by atoms with Crippen LogP contribution in [0, 0.1) is 11.6 Å². The molecule has 2 atom stereocenters. The molecule has 0 bridgehead atoms. The SMILES string of the molecule is COc1ccnc2c(=O)n([C@@H](C)C(=O)O[C@@H](C)C(c3ccc(F)cc3)c3ccc(F)cc3)c(=O)oc12. The average Bonchev–Trinajstić information content (AvgIpc) is 2.86. The summed E-state index contributed by atoms with van der Waals surface area (Å²) in [5.74, 6) is -3.28. The van der Waals surface area contributed by atoms with Gasteiger partial charge in [0.1, 0.15) is 23.8 Å². The average molecular weight is 496 g/mol. The van der Waals surface area contributed by atoms with Gasteiger partial charge in [-0.05, 0) is 49.2 Å². The highest BCUT2D eigenvalue weighted by atomic mass is 19.1. The molecule has 0 aliphatic rings. The molecule has 0 saturated carbocycles. The third-order valence-electron chi connectivity index (χ3n) is 5.85. The fourth-order valence-electron chi connectivity index (χ4n) is 4.04. The Balaban J connectivity index is 1.67. The van der Waals surface area contributed by atoms with Crippen molar-refractivity contribution in [2.24, 2.45) is 0 Å². The first-order valence-corrected chi connectivity index (χ1v) is 11.0. The number of halogens is 2. The van der Waals surface area contributed by atoms with Gasteiger partial charge >= 0.3 is 11.7 Å². The number of rotatable bonds is 7. The molecule has 0 aliphatic heterocycles. The topological polar surface area (TPSA) is 101 Å². The maximum absolute atomic E-state index is 13.5. The Kier molecular flexibility index (Phi) is 6.96. The van der Waals surface area contributed by atoms with Crippen molar-refractivity contribution < 1.29 is 27.5 Å². The number of ether oxygens (including phenoxy) is 2. The maximum Gasteiger partial charge on any atom is 0.423 e. The van der Waals surface area contributed by atoms with E-state index in [4.69, 9.17) is 13.9 Å². The fraction of sp³-hybridized carbons (Fsp3) is 0.231. The molecule has 186 valence electrons. The molecule has 0 amide bonds. The van der Waals surface area contributed by atoms with Crippen molar-refractivity contribution in [2.45, 2.75) is 31.9 Å². The highest BCUT2D eigenvalue weighted by Gasteiger charge is 2.30. The van der Waals surface area contributed by atoms with Crippen LogP contribution in [0.1, 0.15) is 36.9 Å². The van der Waals surface area contributed by atoms with E-state index >= 15 is 0 Å². The summed E-state index contributed by atoms with van der Waals surface area (Å²) in [6, 6.07) is 11.3. The van der Waals surface area contributed by atoms with Crippen LogP contribution in [0.4, 0.5) is 8.78 Å². The highest BCUT2D eigenvalue weighted by molar-refractivity contribution is 5.78. The molecule has 4 aromatic rings. The predicted molar refractivity (Wildman–Crippen MR) is 126 cm³/mol. The second-order valence-corrected chi connectivity index (χ2v) is 8.13. The standard InChI is InChI=1S/C26H22F2N2O6/c1-14(30-24(31)22-23(36-26(30)33)20(34-3)12-13-29-22)25(32)35-15(2)21(16-4-8-18(27)9-5-16)17-6-10-19(28)11-7-17/h4-15,21H,1-3H3/t14-,15-/m0/s1. The van der Waals surface area contributed by atoms with E-state index in [0.717, 1.165) is 0 Å². The minimum Gasteiger partial charge on any atom is -0.493 e. The molecule has 0 spiro atoms. The van der Waals surface area contributed by atoms with Gasteiger partial charge in [0.2, 0.25) is 5.58 Å². The first-order chi connectivity index (χ1) is 17.2. The normalized spacial score (nSPS) is 12.9. The zero-order valence-electron chi connectivity index (χ0n) is 19.6. The summed E-state index contributed by atoms with van der Waals surface area (Å²) in [5, 5.41) is 0. The number of benzene rings is 2. The van der Waals surface area contributed by atoms with Crippen molar-refractivity contribution in [3.05, 3.63) is 104 Å². The summed E-state index contributed by atoms with van der Waals surface area (Å²) in [7, 11) is 1.35. The summed E-state index contributed by atoms with van der Waals surface area (Å²) < 4.78 is 43.6. The van der Waals surface area contributed by atoms with Gasteiger partial charge in [-0.3, -0.25) is 4.79 Å². The van der Waals surface area contributed by atoms with E-state index in [1.165, 1.54) is 50.6 Å². The van der Waals surface area contributed by atoms with E-state index < -0.39 is 47.0 Å². The van der Waals surface area contributed by atoms with E-state index in [2.05, 4.69) is 4.98 Å². The molecule has 0 N–H and O–H groups in total. The largest absolute Gasteiger partial charge is 0.493 e. The van der Waals surface area contributed by atoms with Gasteiger partial charge in [0.25, 0.3) is 5.56 Å². The van der Waals surface area contributed by atoms with Crippen molar-refractivity contribution in [1.82, 2.24) is 9.55 Å². The van der Waals surface area contributed by atoms with Crippen LogP contribution in [-0.4, -0.2) is 28.7 Å². The number of carbonyl (C=O) groups excluding carboxylic acids is 1. The van der Waals surface area contributed by atoms with Gasteiger partial charge in [-0.15, -0.1) is 0 Å². The van der Waals surface area contributed by atoms with Crippen LogP contribution in [0.5, 0.6) is 5.75 Å². The first kappa shape index (κ1) is 24.8. The molecule has 2 aromatic carbocycles. The number of pyridine rings is 1. The van der Waals surface area contributed by atoms with E-state index in [1.54, 1.807) is 31.2 Å². The van der Waals surface area contributed by atoms with Crippen LogP contribution >= 0.6 is 0 Å². The lowest BCUT2D eigenvalue weighted by atomic mass is 9.87. The van der Waals surface area contributed by atoms with Gasteiger partial charge < -0.3 is 13.9 Å². The van der Waals surface area contributed by atoms with E-state index in [-0.39, 0.29) is 16.8 Å². The Bertz CT molecular complexity index is 1470. The number of hydrogen-bond acceptors (Lipinski definition) is 7. The van der Waals surface area contributed by atoms with Crippen LogP contribution < -0.4 is 16.1 Å². The molecule has 0 radical (unpaired) electrons. The highest BCUT2D eigenvalue weighted by Crippen LogP contribution is 2.31. The Labute approximate surface area is 203 Å². The first-order valence-electron chi connectivity index (χ1n) is 11.0. The number of aromatic nitrogens is 2. The fourth-order valence-corrected chi connectivity index (χ4v) is 4.04. The Morgan fingerprint density at radius 2 is 1.50 bits per heavy atom. The number of esters is 1. The number of carbonyl (C=O) groups is 1. The van der Waals surface area contributed by atoms with E-state index in [1.807, 2.05) is 0 Å². The summed E-state index contributed by atoms with van der Waals surface area (Å²) in [5.41, 5.74) is 0.0835.